The second kappa shape index (κ2) is 8.26. The van der Waals surface area contributed by atoms with Crippen LogP contribution in [0.1, 0.15) is 13.0 Å². The number of anilines is 2. The highest BCUT2D eigenvalue weighted by Crippen LogP contribution is 2.29. The van der Waals surface area contributed by atoms with Crippen molar-refractivity contribution in [1.29, 1.82) is 0 Å². The predicted octanol–water partition coefficient (Wildman–Crippen LogP) is 3.71. The Kier molecular flexibility index (Phi) is 5.56. The van der Waals surface area contributed by atoms with E-state index in [0.29, 0.717) is 23.8 Å². The van der Waals surface area contributed by atoms with Gasteiger partial charge in [0.2, 0.25) is 5.91 Å². The van der Waals surface area contributed by atoms with Gasteiger partial charge in [-0.1, -0.05) is 18.2 Å². The minimum atomic E-state index is -0.513. The summed E-state index contributed by atoms with van der Waals surface area (Å²) in [4.78, 5) is 16.2. The molecule has 1 unspecified atom stereocenters. The lowest BCUT2D eigenvalue weighted by atomic mass is 10.2. The van der Waals surface area contributed by atoms with E-state index in [-0.39, 0.29) is 5.91 Å². The maximum atomic E-state index is 13.1. The number of benzene rings is 1. The number of ether oxygens (including phenoxy) is 1. The third kappa shape index (κ3) is 3.73. The molecule has 2 N–H and O–H groups in total. The fourth-order valence-electron chi connectivity index (χ4n) is 3.26. The number of carbonyl (C=O) groups excluding carboxylic acids is 1. The molecule has 28 heavy (non-hydrogen) atoms. The Bertz CT molecular complexity index is 1010. The molecule has 0 saturated carbocycles. The van der Waals surface area contributed by atoms with Crippen LogP contribution in [0.25, 0.3) is 10.7 Å². The molecule has 1 aliphatic heterocycles. The molecule has 0 bridgehead atoms. The number of rotatable bonds is 5. The molecule has 1 aromatic carbocycles. The topological polar surface area (TPSA) is 75.2 Å². The van der Waals surface area contributed by atoms with Crippen molar-refractivity contribution in [2.24, 2.45) is 0 Å². The minimum Gasteiger partial charge on any atom is -0.378 e. The quantitative estimate of drug-likeness (QED) is 0.622. The summed E-state index contributed by atoms with van der Waals surface area (Å²) in [5.74, 6) is 0.528. The molecule has 7 nitrogen and oxygen atoms in total. The number of hydrogen-bond acceptors (Lipinski definition) is 6. The van der Waals surface area contributed by atoms with Gasteiger partial charge in [-0.25, -0.2) is 0 Å². The maximum Gasteiger partial charge on any atom is 0.247 e. The summed E-state index contributed by atoms with van der Waals surface area (Å²) in [6.07, 6.45) is 0. The number of carbonyl (C=O) groups is 1. The molecule has 1 saturated heterocycles. The first-order valence-corrected chi connectivity index (χ1v) is 10.4. The van der Waals surface area contributed by atoms with Gasteiger partial charge >= 0.3 is 0 Å². The maximum absolute atomic E-state index is 13.1. The van der Waals surface area contributed by atoms with Crippen molar-refractivity contribution >= 4 is 40.8 Å². The number of H-pyrrole nitrogens is 1. The normalized spacial score (nSPS) is 15.4. The van der Waals surface area contributed by atoms with E-state index in [9.17, 15) is 4.79 Å². The predicted molar refractivity (Wildman–Crippen MR) is 114 cm³/mol. The van der Waals surface area contributed by atoms with Crippen LogP contribution in [0.4, 0.5) is 11.4 Å². The van der Waals surface area contributed by atoms with Gasteiger partial charge in [-0.3, -0.25) is 14.5 Å². The second-order valence-electron chi connectivity index (χ2n) is 6.48. The number of nitrogens with one attached hydrogen (secondary N) is 2. The molecule has 2 aromatic heterocycles. The number of morpholine rings is 1. The largest absolute Gasteiger partial charge is 0.378 e. The van der Waals surface area contributed by atoms with Crippen LogP contribution in [0.15, 0.2) is 41.8 Å². The molecule has 4 rings (SSSR count). The first kappa shape index (κ1) is 18.9. The summed E-state index contributed by atoms with van der Waals surface area (Å²) >= 11 is 6.94. The van der Waals surface area contributed by atoms with Crippen molar-refractivity contribution in [3.63, 3.8) is 0 Å². The number of para-hydroxylation sites is 2. The summed E-state index contributed by atoms with van der Waals surface area (Å²) in [5, 5.41) is 12.2. The highest BCUT2D eigenvalue weighted by atomic mass is 32.1. The lowest BCUT2D eigenvalue weighted by Crippen LogP contribution is -2.37. The highest BCUT2D eigenvalue weighted by Gasteiger charge is 2.23. The van der Waals surface area contributed by atoms with Gasteiger partial charge in [0, 0.05) is 13.1 Å². The summed E-state index contributed by atoms with van der Waals surface area (Å²) in [7, 11) is 0. The molecule has 1 amide bonds. The van der Waals surface area contributed by atoms with Gasteiger partial charge in [-0.2, -0.15) is 5.10 Å². The zero-order valence-corrected chi connectivity index (χ0v) is 17.1. The van der Waals surface area contributed by atoms with Crippen molar-refractivity contribution < 1.29 is 9.53 Å². The SMILES string of the molecule is CC(C(=O)Nc1ccccc1N1CCOCC1)n1c(-c2cccs2)n[nH]c1=S. The summed E-state index contributed by atoms with van der Waals surface area (Å²) in [6.45, 7) is 4.81. The molecular formula is C19H21N5O2S2. The number of aromatic amines is 1. The van der Waals surface area contributed by atoms with Gasteiger partial charge < -0.3 is 15.0 Å². The number of hydrogen-bond donors (Lipinski definition) is 2. The van der Waals surface area contributed by atoms with E-state index in [1.165, 1.54) is 0 Å². The molecular weight excluding hydrogens is 394 g/mol. The van der Waals surface area contributed by atoms with Crippen LogP contribution in [-0.4, -0.2) is 47.0 Å². The van der Waals surface area contributed by atoms with E-state index in [1.54, 1.807) is 15.9 Å². The van der Waals surface area contributed by atoms with Gasteiger partial charge in [0.25, 0.3) is 0 Å². The van der Waals surface area contributed by atoms with E-state index in [2.05, 4.69) is 20.4 Å². The Balaban J connectivity index is 1.59. The molecule has 0 radical (unpaired) electrons. The summed E-state index contributed by atoms with van der Waals surface area (Å²) < 4.78 is 7.62. The first-order chi connectivity index (χ1) is 13.6. The molecule has 9 heteroatoms. The number of aromatic nitrogens is 3. The molecule has 1 aliphatic rings. The molecule has 1 fully saturated rings. The van der Waals surface area contributed by atoms with Crippen LogP contribution in [-0.2, 0) is 9.53 Å². The number of amides is 1. The smallest absolute Gasteiger partial charge is 0.247 e. The first-order valence-electron chi connectivity index (χ1n) is 9.08. The Morgan fingerprint density at radius 2 is 2.07 bits per heavy atom. The lowest BCUT2D eigenvalue weighted by molar-refractivity contribution is -0.118. The fraction of sp³-hybridized carbons (Fsp3) is 0.316. The Morgan fingerprint density at radius 1 is 1.29 bits per heavy atom. The second-order valence-corrected chi connectivity index (χ2v) is 7.82. The van der Waals surface area contributed by atoms with Crippen LogP contribution in [0.3, 0.4) is 0 Å². The number of thiophene rings is 1. The van der Waals surface area contributed by atoms with Gasteiger partial charge in [0.1, 0.15) is 6.04 Å². The zero-order valence-electron chi connectivity index (χ0n) is 15.4. The molecule has 0 aliphatic carbocycles. The Hall–Kier alpha value is -2.49. The van der Waals surface area contributed by atoms with Gasteiger partial charge in [-0.05, 0) is 42.7 Å². The van der Waals surface area contributed by atoms with Crippen LogP contribution in [0, 0.1) is 4.77 Å². The van der Waals surface area contributed by atoms with E-state index in [1.807, 2.05) is 48.7 Å². The van der Waals surface area contributed by atoms with E-state index >= 15 is 0 Å². The molecule has 146 valence electrons. The lowest BCUT2D eigenvalue weighted by Gasteiger charge is -2.30. The summed E-state index contributed by atoms with van der Waals surface area (Å²) in [5.41, 5.74) is 1.79. The van der Waals surface area contributed by atoms with Crippen molar-refractivity contribution in [1.82, 2.24) is 14.8 Å². The minimum absolute atomic E-state index is 0.143. The monoisotopic (exact) mass is 415 g/mol. The highest BCUT2D eigenvalue weighted by molar-refractivity contribution is 7.71. The Labute approximate surface area is 172 Å². The average molecular weight is 416 g/mol. The van der Waals surface area contributed by atoms with E-state index < -0.39 is 6.04 Å². The third-order valence-corrected chi connectivity index (χ3v) is 5.88. The molecule has 0 spiro atoms. The molecule has 3 aromatic rings. The van der Waals surface area contributed by atoms with Crippen molar-refractivity contribution in [3.8, 4) is 10.7 Å². The molecule has 1 atom stereocenters. The fourth-order valence-corrected chi connectivity index (χ4v) is 4.26. The third-order valence-electron chi connectivity index (χ3n) is 4.73. The van der Waals surface area contributed by atoms with Gasteiger partial charge in [0.15, 0.2) is 10.6 Å². The van der Waals surface area contributed by atoms with Crippen molar-refractivity contribution in [2.75, 3.05) is 36.5 Å². The zero-order chi connectivity index (χ0) is 19.5. The Morgan fingerprint density at radius 3 is 2.82 bits per heavy atom. The average Bonchev–Trinajstić information content (AvgIpc) is 3.38. The van der Waals surface area contributed by atoms with Crippen LogP contribution in [0.5, 0.6) is 0 Å². The van der Waals surface area contributed by atoms with Gasteiger partial charge in [-0.15, -0.1) is 11.3 Å². The van der Waals surface area contributed by atoms with Crippen LogP contribution >= 0.6 is 23.6 Å². The number of nitrogens with zero attached hydrogens (tertiary/aromatic N) is 3. The van der Waals surface area contributed by atoms with E-state index in [0.717, 1.165) is 29.3 Å². The van der Waals surface area contributed by atoms with Gasteiger partial charge in [0.05, 0.1) is 29.5 Å². The van der Waals surface area contributed by atoms with Crippen LogP contribution < -0.4 is 10.2 Å². The van der Waals surface area contributed by atoms with Crippen LogP contribution in [0.2, 0.25) is 0 Å². The molecule has 3 heterocycles. The van der Waals surface area contributed by atoms with Crippen molar-refractivity contribution in [3.05, 3.63) is 46.5 Å². The van der Waals surface area contributed by atoms with Crippen molar-refractivity contribution in [2.45, 2.75) is 13.0 Å². The van der Waals surface area contributed by atoms with E-state index in [4.69, 9.17) is 17.0 Å². The summed E-state index contributed by atoms with van der Waals surface area (Å²) in [6, 6.07) is 11.2. The standard InChI is InChI=1S/C19H21N5O2S2/c1-13(24-17(21-22-19(24)27)16-7-4-12-28-16)18(25)20-14-5-2-3-6-15(14)23-8-10-26-11-9-23/h2-7,12-13H,8-11H2,1H3,(H,20,25)(H,22,27).